The van der Waals surface area contributed by atoms with Gasteiger partial charge in [0.1, 0.15) is 5.75 Å². The first-order valence-electron chi connectivity index (χ1n) is 12.6. The zero-order valence-electron chi connectivity index (χ0n) is 21.4. The summed E-state index contributed by atoms with van der Waals surface area (Å²) in [5.41, 5.74) is 5.60. The van der Waals surface area contributed by atoms with E-state index in [9.17, 15) is 9.90 Å². The molecule has 37 heavy (non-hydrogen) atoms. The first kappa shape index (κ1) is 25.4. The first-order valence-corrected chi connectivity index (χ1v) is 13.0. The summed E-state index contributed by atoms with van der Waals surface area (Å²) in [4.78, 5) is 14.4. The van der Waals surface area contributed by atoms with Crippen molar-refractivity contribution in [2.75, 3.05) is 23.4 Å². The van der Waals surface area contributed by atoms with E-state index < -0.39 is 17.6 Å². The SMILES string of the molecule is CCN(N)c1ccc2c(Cl)c1NC1(C)CN(Cc3cc(ccc3C)C2CC(=O)O)Cc2ccccc2O1. The van der Waals surface area contributed by atoms with Crippen LogP contribution in [0.3, 0.4) is 0 Å². The van der Waals surface area contributed by atoms with Gasteiger partial charge in [-0.3, -0.25) is 9.69 Å². The number of hydrazine groups is 1. The molecular formula is C29H33ClN4O3. The maximum atomic E-state index is 12.0. The molecule has 0 saturated carbocycles. The Labute approximate surface area is 222 Å². The molecule has 0 fully saturated rings. The molecule has 0 aromatic heterocycles. The molecule has 3 aromatic rings. The Morgan fingerprint density at radius 1 is 1.22 bits per heavy atom. The van der Waals surface area contributed by atoms with Gasteiger partial charge >= 0.3 is 5.97 Å². The molecule has 0 aliphatic carbocycles. The van der Waals surface area contributed by atoms with Crippen molar-refractivity contribution in [3.63, 3.8) is 0 Å². The van der Waals surface area contributed by atoms with Crippen LogP contribution < -0.4 is 20.9 Å². The predicted octanol–water partition coefficient (Wildman–Crippen LogP) is 5.49. The summed E-state index contributed by atoms with van der Waals surface area (Å²) in [7, 11) is 0. The van der Waals surface area contributed by atoms with Crippen molar-refractivity contribution in [1.29, 1.82) is 0 Å². The van der Waals surface area contributed by atoms with Crippen molar-refractivity contribution in [3.8, 4) is 5.75 Å². The van der Waals surface area contributed by atoms with Crippen molar-refractivity contribution in [2.24, 2.45) is 5.84 Å². The smallest absolute Gasteiger partial charge is 0.304 e. The second-order valence-electron chi connectivity index (χ2n) is 10.2. The van der Waals surface area contributed by atoms with E-state index in [1.165, 1.54) is 0 Å². The topological polar surface area (TPSA) is 91.1 Å². The standard InChI is InChI=1S/C29H33ClN4O3/c1-4-34(31)24-12-11-22-23(14-26(35)36)19-10-9-18(2)21(13-19)16-33-15-20-7-5-6-8-25(20)37-29(3,17-33)32-28(24)27(22)30/h5-13,23,32H,4,14-17,31H2,1-3H3,(H,35,36). The number of anilines is 2. The van der Waals surface area contributed by atoms with E-state index >= 15 is 0 Å². The highest BCUT2D eigenvalue weighted by molar-refractivity contribution is 6.35. The molecule has 0 amide bonds. The fraction of sp³-hybridized carbons (Fsp3) is 0.345. The monoisotopic (exact) mass is 520 g/mol. The number of fused-ring (bicyclic) bond motifs is 7. The second kappa shape index (κ2) is 9.89. The average molecular weight is 521 g/mol. The van der Waals surface area contributed by atoms with Crippen LogP contribution in [0, 0.1) is 6.92 Å². The lowest BCUT2D eigenvalue weighted by atomic mass is 9.86. The van der Waals surface area contributed by atoms with Gasteiger partial charge in [0.2, 0.25) is 0 Å². The highest BCUT2D eigenvalue weighted by Crippen LogP contribution is 2.44. The number of halogens is 1. The van der Waals surface area contributed by atoms with E-state index in [2.05, 4.69) is 35.3 Å². The minimum Gasteiger partial charge on any atom is -0.481 e. The van der Waals surface area contributed by atoms with Crippen LogP contribution in [0.25, 0.3) is 0 Å². The minimum absolute atomic E-state index is 0.0793. The number of aryl methyl sites for hydroxylation is 1. The Hall–Kier alpha value is -3.26. The number of rotatable bonds is 4. The summed E-state index contributed by atoms with van der Waals surface area (Å²) in [6.45, 7) is 8.64. The van der Waals surface area contributed by atoms with Crippen LogP contribution in [0.4, 0.5) is 11.4 Å². The molecule has 4 N–H and O–H groups in total. The molecule has 3 atom stereocenters. The summed E-state index contributed by atoms with van der Waals surface area (Å²) in [5.74, 6) is 5.89. The molecule has 3 unspecified atom stereocenters. The lowest BCUT2D eigenvalue weighted by Crippen LogP contribution is -2.50. The summed E-state index contributed by atoms with van der Waals surface area (Å²) in [6, 6.07) is 18.1. The zero-order valence-corrected chi connectivity index (χ0v) is 22.2. The molecule has 5 rings (SSSR count). The molecule has 0 saturated heterocycles. The molecule has 3 aromatic carbocycles. The van der Waals surface area contributed by atoms with Gasteiger partial charge in [0, 0.05) is 31.1 Å². The van der Waals surface area contributed by atoms with Gasteiger partial charge in [0.05, 0.1) is 29.4 Å². The van der Waals surface area contributed by atoms with Crippen LogP contribution in [-0.4, -0.2) is 34.8 Å². The van der Waals surface area contributed by atoms with Crippen molar-refractivity contribution in [1.82, 2.24) is 4.90 Å². The zero-order chi connectivity index (χ0) is 26.3. The minimum atomic E-state index is -0.883. The summed E-state index contributed by atoms with van der Waals surface area (Å²) in [5, 5.41) is 15.5. The molecule has 2 aliphatic heterocycles. The Kier molecular flexibility index (Phi) is 6.79. The summed E-state index contributed by atoms with van der Waals surface area (Å²) < 4.78 is 6.65. The third-order valence-electron chi connectivity index (χ3n) is 7.34. The lowest BCUT2D eigenvalue weighted by molar-refractivity contribution is -0.137. The number of nitrogens with two attached hydrogens (primary N) is 1. The highest BCUT2D eigenvalue weighted by Gasteiger charge is 2.36. The molecule has 6 bridgehead atoms. The molecule has 2 heterocycles. The highest BCUT2D eigenvalue weighted by atomic mass is 35.5. The van der Waals surface area contributed by atoms with Crippen LogP contribution in [0.5, 0.6) is 5.75 Å². The van der Waals surface area contributed by atoms with Crippen LogP contribution in [0.1, 0.15) is 54.0 Å². The molecule has 0 radical (unpaired) electrons. The lowest BCUT2D eigenvalue weighted by Gasteiger charge is -2.37. The number of nitrogens with one attached hydrogen (secondary N) is 1. The van der Waals surface area contributed by atoms with E-state index in [1.807, 2.05) is 50.2 Å². The Bertz CT molecular complexity index is 1350. The van der Waals surface area contributed by atoms with Crippen LogP contribution in [-0.2, 0) is 17.9 Å². The first-order chi connectivity index (χ1) is 17.7. The van der Waals surface area contributed by atoms with E-state index in [1.54, 1.807) is 5.01 Å². The van der Waals surface area contributed by atoms with Crippen LogP contribution >= 0.6 is 11.6 Å². The van der Waals surface area contributed by atoms with Gasteiger partial charge in [-0.25, -0.2) is 5.84 Å². The van der Waals surface area contributed by atoms with E-state index in [-0.39, 0.29) is 6.42 Å². The third-order valence-corrected chi connectivity index (χ3v) is 7.75. The fourth-order valence-corrected chi connectivity index (χ4v) is 5.79. The molecule has 7 nitrogen and oxygen atoms in total. The van der Waals surface area contributed by atoms with Gasteiger partial charge in [0.15, 0.2) is 5.72 Å². The second-order valence-corrected chi connectivity index (χ2v) is 10.6. The number of hydrogen-bond acceptors (Lipinski definition) is 6. The fourth-order valence-electron chi connectivity index (χ4n) is 5.45. The maximum Gasteiger partial charge on any atom is 0.304 e. The molecule has 194 valence electrons. The number of nitrogens with zero attached hydrogens (tertiary/aromatic N) is 2. The average Bonchev–Trinajstić information content (AvgIpc) is 2.99. The number of aliphatic carboxylic acids is 1. The number of hydrogen-bond donors (Lipinski definition) is 3. The molecule has 0 spiro atoms. The molecule has 2 aliphatic rings. The molecule has 8 heteroatoms. The van der Waals surface area contributed by atoms with Gasteiger partial charge in [-0.05, 0) is 55.2 Å². The van der Waals surface area contributed by atoms with E-state index in [0.717, 1.165) is 39.3 Å². The number of para-hydroxylation sites is 1. The summed E-state index contributed by atoms with van der Waals surface area (Å²) >= 11 is 7.14. The number of carboxylic acids is 1. The number of benzene rings is 3. The van der Waals surface area contributed by atoms with E-state index in [0.29, 0.717) is 36.9 Å². The Morgan fingerprint density at radius 3 is 2.73 bits per heavy atom. The van der Waals surface area contributed by atoms with Gasteiger partial charge in [0.25, 0.3) is 0 Å². The van der Waals surface area contributed by atoms with Crippen LogP contribution in [0.15, 0.2) is 54.6 Å². The maximum absolute atomic E-state index is 12.0. The quantitative estimate of drug-likeness (QED) is 0.309. The predicted molar refractivity (Wildman–Crippen MR) is 147 cm³/mol. The normalized spacial score (nSPS) is 22.3. The van der Waals surface area contributed by atoms with Crippen LogP contribution in [0.2, 0.25) is 5.02 Å². The largest absolute Gasteiger partial charge is 0.481 e. The van der Waals surface area contributed by atoms with Gasteiger partial charge in [-0.1, -0.05) is 54.1 Å². The third kappa shape index (κ3) is 4.99. The number of ether oxygens (including phenoxy) is 1. The number of carbonyl (C=O) groups is 1. The summed E-state index contributed by atoms with van der Waals surface area (Å²) in [6.07, 6.45) is -0.0793. The Morgan fingerprint density at radius 2 is 1.97 bits per heavy atom. The molecular weight excluding hydrogens is 488 g/mol. The van der Waals surface area contributed by atoms with Crippen molar-refractivity contribution in [2.45, 2.75) is 51.9 Å². The van der Waals surface area contributed by atoms with Crippen molar-refractivity contribution >= 4 is 28.9 Å². The van der Waals surface area contributed by atoms with Crippen molar-refractivity contribution in [3.05, 3.63) is 87.4 Å². The Balaban J connectivity index is 1.77. The van der Waals surface area contributed by atoms with E-state index in [4.69, 9.17) is 22.2 Å². The van der Waals surface area contributed by atoms with Gasteiger partial charge < -0.3 is 20.2 Å². The number of carboxylic acid groups (broad SMARTS) is 1. The van der Waals surface area contributed by atoms with Gasteiger partial charge in [-0.15, -0.1) is 0 Å². The van der Waals surface area contributed by atoms with Crippen molar-refractivity contribution < 1.29 is 14.6 Å². The van der Waals surface area contributed by atoms with Gasteiger partial charge in [-0.2, -0.15) is 0 Å².